The minimum atomic E-state index is -0.491. The molecule has 0 bridgehead atoms. The molecular formula is C10H12O3. The summed E-state index contributed by atoms with van der Waals surface area (Å²) in [5.41, 5.74) is 1.69. The van der Waals surface area contributed by atoms with Gasteiger partial charge in [0.1, 0.15) is 0 Å². The van der Waals surface area contributed by atoms with E-state index in [0.717, 1.165) is 30.4 Å². The zero-order valence-corrected chi connectivity index (χ0v) is 7.20. The van der Waals surface area contributed by atoms with Crippen LogP contribution in [0.25, 0.3) is 0 Å². The Labute approximate surface area is 76.3 Å². The van der Waals surface area contributed by atoms with Gasteiger partial charge in [-0.15, -0.1) is 0 Å². The Balaban J connectivity index is 2.52. The van der Waals surface area contributed by atoms with Crippen LogP contribution in [-0.4, -0.2) is 15.3 Å². The van der Waals surface area contributed by atoms with E-state index in [4.69, 9.17) is 0 Å². The maximum atomic E-state index is 9.58. The molecule has 1 aromatic carbocycles. The number of rotatable bonds is 0. The van der Waals surface area contributed by atoms with Gasteiger partial charge in [0.2, 0.25) is 0 Å². The van der Waals surface area contributed by atoms with Crippen molar-refractivity contribution in [2.24, 2.45) is 0 Å². The fourth-order valence-electron chi connectivity index (χ4n) is 1.80. The second kappa shape index (κ2) is 2.92. The SMILES string of the molecule is Oc1cc2c(cc1O)C(O)CCC2. The monoisotopic (exact) mass is 180 g/mol. The number of benzene rings is 1. The molecule has 1 aromatic rings. The van der Waals surface area contributed by atoms with Crippen molar-refractivity contribution in [2.45, 2.75) is 25.4 Å². The fraction of sp³-hybridized carbons (Fsp3) is 0.400. The van der Waals surface area contributed by atoms with Gasteiger partial charge in [-0.1, -0.05) is 0 Å². The van der Waals surface area contributed by atoms with Gasteiger partial charge in [-0.2, -0.15) is 0 Å². The summed E-state index contributed by atoms with van der Waals surface area (Å²) in [4.78, 5) is 0. The number of aliphatic hydroxyl groups is 1. The predicted octanol–water partition coefficient (Wildman–Crippen LogP) is 1.47. The van der Waals surface area contributed by atoms with Crippen LogP contribution < -0.4 is 0 Å². The molecule has 3 N–H and O–H groups in total. The molecule has 0 aromatic heterocycles. The van der Waals surface area contributed by atoms with Crippen LogP contribution >= 0.6 is 0 Å². The van der Waals surface area contributed by atoms with Gasteiger partial charge >= 0.3 is 0 Å². The molecule has 0 amide bonds. The quantitative estimate of drug-likeness (QED) is 0.530. The van der Waals surface area contributed by atoms with E-state index in [0.29, 0.717) is 0 Å². The molecule has 1 aliphatic carbocycles. The molecule has 70 valence electrons. The third-order valence-electron chi connectivity index (χ3n) is 2.52. The summed E-state index contributed by atoms with van der Waals surface area (Å²) in [6, 6.07) is 2.99. The third-order valence-corrected chi connectivity index (χ3v) is 2.52. The lowest BCUT2D eigenvalue weighted by molar-refractivity contribution is 0.156. The predicted molar refractivity (Wildman–Crippen MR) is 47.7 cm³/mol. The number of aliphatic hydroxyl groups excluding tert-OH is 1. The van der Waals surface area contributed by atoms with E-state index in [9.17, 15) is 15.3 Å². The molecule has 2 rings (SSSR count). The molecule has 0 radical (unpaired) electrons. The van der Waals surface area contributed by atoms with E-state index in [1.165, 1.54) is 12.1 Å². The highest BCUT2D eigenvalue weighted by molar-refractivity contribution is 5.47. The van der Waals surface area contributed by atoms with Gasteiger partial charge in [0.25, 0.3) is 0 Å². The third kappa shape index (κ3) is 1.35. The van der Waals surface area contributed by atoms with E-state index >= 15 is 0 Å². The molecule has 0 saturated carbocycles. The van der Waals surface area contributed by atoms with Crippen molar-refractivity contribution in [3.63, 3.8) is 0 Å². The van der Waals surface area contributed by atoms with Crippen molar-refractivity contribution in [3.05, 3.63) is 23.3 Å². The number of fused-ring (bicyclic) bond motifs is 1. The summed E-state index contributed by atoms with van der Waals surface area (Å²) in [5, 5.41) is 28.0. The number of hydrogen-bond acceptors (Lipinski definition) is 3. The van der Waals surface area contributed by atoms with Crippen molar-refractivity contribution in [3.8, 4) is 11.5 Å². The van der Waals surface area contributed by atoms with E-state index in [2.05, 4.69) is 0 Å². The summed E-state index contributed by atoms with van der Waals surface area (Å²) >= 11 is 0. The molecule has 3 nitrogen and oxygen atoms in total. The Bertz CT molecular complexity index is 333. The van der Waals surface area contributed by atoms with Crippen molar-refractivity contribution in [1.29, 1.82) is 0 Å². The molecule has 1 aliphatic rings. The Morgan fingerprint density at radius 3 is 2.62 bits per heavy atom. The van der Waals surface area contributed by atoms with Gasteiger partial charge in [-0.3, -0.25) is 0 Å². The Morgan fingerprint density at radius 1 is 1.15 bits per heavy atom. The van der Waals surface area contributed by atoms with Crippen LogP contribution in [0, 0.1) is 0 Å². The number of aromatic hydroxyl groups is 2. The average Bonchev–Trinajstić information content (AvgIpc) is 2.09. The van der Waals surface area contributed by atoms with Gasteiger partial charge < -0.3 is 15.3 Å². The summed E-state index contributed by atoms with van der Waals surface area (Å²) in [5.74, 6) is -0.257. The first-order valence-electron chi connectivity index (χ1n) is 4.41. The topological polar surface area (TPSA) is 60.7 Å². The van der Waals surface area contributed by atoms with Crippen molar-refractivity contribution in [1.82, 2.24) is 0 Å². The van der Waals surface area contributed by atoms with Crippen LogP contribution in [-0.2, 0) is 6.42 Å². The Morgan fingerprint density at radius 2 is 1.85 bits per heavy atom. The van der Waals surface area contributed by atoms with E-state index in [-0.39, 0.29) is 11.5 Å². The van der Waals surface area contributed by atoms with Gasteiger partial charge in [0.05, 0.1) is 6.10 Å². The van der Waals surface area contributed by atoms with Crippen LogP contribution in [0.15, 0.2) is 12.1 Å². The summed E-state index contributed by atoms with van der Waals surface area (Å²) in [7, 11) is 0. The molecule has 3 heteroatoms. The molecule has 13 heavy (non-hydrogen) atoms. The Hall–Kier alpha value is -1.22. The van der Waals surface area contributed by atoms with E-state index in [1.807, 2.05) is 0 Å². The van der Waals surface area contributed by atoms with Crippen LogP contribution in [0.4, 0.5) is 0 Å². The van der Waals surface area contributed by atoms with Crippen molar-refractivity contribution in [2.75, 3.05) is 0 Å². The maximum Gasteiger partial charge on any atom is 0.157 e. The second-order valence-electron chi connectivity index (χ2n) is 3.45. The van der Waals surface area contributed by atoms with Gasteiger partial charge in [0, 0.05) is 0 Å². The lowest BCUT2D eigenvalue weighted by atomic mass is 9.89. The first-order chi connectivity index (χ1) is 6.18. The fourth-order valence-corrected chi connectivity index (χ4v) is 1.80. The average molecular weight is 180 g/mol. The Kier molecular flexibility index (Phi) is 1.88. The van der Waals surface area contributed by atoms with E-state index in [1.54, 1.807) is 0 Å². The molecule has 0 aliphatic heterocycles. The number of hydrogen-bond donors (Lipinski definition) is 3. The summed E-state index contributed by atoms with van der Waals surface area (Å²) in [6.07, 6.45) is 2.03. The highest BCUT2D eigenvalue weighted by Crippen LogP contribution is 2.36. The molecule has 1 unspecified atom stereocenters. The zero-order chi connectivity index (χ0) is 9.42. The van der Waals surface area contributed by atoms with Crippen LogP contribution in [0.3, 0.4) is 0 Å². The molecule has 1 atom stereocenters. The van der Waals surface area contributed by atoms with Gasteiger partial charge in [-0.05, 0) is 42.5 Å². The van der Waals surface area contributed by atoms with E-state index < -0.39 is 6.10 Å². The standard InChI is InChI=1S/C10H12O3/c11-8-3-1-2-6-4-9(12)10(13)5-7(6)8/h4-5,8,11-13H,1-3H2. The highest BCUT2D eigenvalue weighted by Gasteiger charge is 2.19. The minimum Gasteiger partial charge on any atom is -0.504 e. The number of aryl methyl sites for hydroxylation is 1. The molecule has 0 spiro atoms. The lowest BCUT2D eigenvalue weighted by Gasteiger charge is -2.21. The van der Waals surface area contributed by atoms with Crippen LogP contribution in [0.5, 0.6) is 11.5 Å². The van der Waals surface area contributed by atoms with Crippen molar-refractivity contribution < 1.29 is 15.3 Å². The minimum absolute atomic E-state index is 0.104. The first kappa shape index (κ1) is 8.38. The van der Waals surface area contributed by atoms with Crippen LogP contribution in [0.2, 0.25) is 0 Å². The normalized spacial score (nSPS) is 21.2. The van der Waals surface area contributed by atoms with Crippen molar-refractivity contribution >= 4 is 0 Å². The number of phenolic OH excluding ortho intramolecular Hbond substituents is 2. The summed E-state index contributed by atoms with van der Waals surface area (Å²) < 4.78 is 0. The second-order valence-corrected chi connectivity index (χ2v) is 3.45. The first-order valence-corrected chi connectivity index (χ1v) is 4.41. The summed E-state index contributed by atoms with van der Waals surface area (Å²) in [6.45, 7) is 0. The zero-order valence-electron chi connectivity index (χ0n) is 7.20. The maximum absolute atomic E-state index is 9.58. The van der Waals surface area contributed by atoms with Gasteiger partial charge in [0.15, 0.2) is 11.5 Å². The van der Waals surface area contributed by atoms with Crippen LogP contribution in [0.1, 0.15) is 30.1 Å². The number of phenols is 2. The van der Waals surface area contributed by atoms with Gasteiger partial charge in [-0.25, -0.2) is 0 Å². The molecule has 0 saturated heterocycles. The molecule has 0 fully saturated rings. The largest absolute Gasteiger partial charge is 0.504 e. The molecular weight excluding hydrogens is 168 g/mol. The lowest BCUT2D eigenvalue weighted by Crippen LogP contribution is -2.08. The molecule has 0 heterocycles. The highest BCUT2D eigenvalue weighted by atomic mass is 16.3. The smallest absolute Gasteiger partial charge is 0.157 e.